The molecule has 2 atom stereocenters. The lowest BCUT2D eigenvalue weighted by molar-refractivity contribution is -0.138. The van der Waals surface area contributed by atoms with E-state index in [4.69, 9.17) is 4.98 Å². The summed E-state index contributed by atoms with van der Waals surface area (Å²) < 4.78 is 3.46. The highest BCUT2D eigenvalue weighted by Crippen LogP contribution is 2.39. The van der Waals surface area contributed by atoms with Crippen LogP contribution >= 0.6 is 0 Å². The summed E-state index contributed by atoms with van der Waals surface area (Å²) in [7, 11) is 1.87. The zero-order valence-corrected chi connectivity index (χ0v) is 21.5. The van der Waals surface area contributed by atoms with Crippen molar-refractivity contribution < 1.29 is 14.7 Å². The van der Waals surface area contributed by atoms with E-state index in [0.29, 0.717) is 49.4 Å². The molecule has 4 aromatic rings. The van der Waals surface area contributed by atoms with Crippen LogP contribution in [-0.2, 0) is 11.8 Å². The molecule has 1 saturated heterocycles. The molecule has 2 aliphatic heterocycles. The standard InChI is InChI=1S/C27H30N8O3/c1-3-18-12-16(7-11-34(18)23(38)15-36)25-24-22(37)6-9-28-27(24)35-26(31-25)19(14-30-35)17-4-5-20(29-13-17)21-8-10-33(2)32-21/h4-5,8,10,13-14,16,18,28,36H,3,6-7,9,11-12,15H2,1-2H3. The van der Waals surface area contributed by atoms with Crippen LogP contribution in [0.3, 0.4) is 0 Å². The number of nitrogens with one attached hydrogen (secondary N) is 1. The number of aliphatic hydroxyl groups is 1. The number of pyridine rings is 1. The summed E-state index contributed by atoms with van der Waals surface area (Å²) in [6.07, 6.45) is 7.98. The molecule has 2 aliphatic rings. The molecule has 6 heterocycles. The minimum absolute atomic E-state index is 0.0118. The van der Waals surface area contributed by atoms with Crippen LogP contribution < -0.4 is 5.32 Å². The van der Waals surface area contributed by atoms with Gasteiger partial charge in [0, 0.05) is 62.0 Å². The van der Waals surface area contributed by atoms with Crippen molar-refractivity contribution >= 4 is 23.2 Å². The first kappa shape index (κ1) is 24.2. The van der Waals surface area contributed by atoms with Gasteiger partial charge in [-0.3, -0.25) is 19.3 Å². The van der Waals surface area contributed by atoms with Crippen LogP contribution in [0.2, 0.25) is 0 Å². The monoisotopic (exact) mass is 514 g/mol. The Morgan fingerprint density at radius 1 is 1.21 bits per heavy atom. The number of hydrogen-bond acceptors (Lipinski definition) is 8. The zero-order valence-electron chi connectivity index (χ0n) is 21.5. The average Bonchev–Trinajstić information content (AvgIpc) is 3.58. The van der Waals surface area contributed by atoms with E-state index in [9.17, 15) is 14.7 Å². The molecule has 0 aliphatic carbocycles. The van der Waals surface area contributed by atoms with Crippen LogP contribution in [0.4, 0.5) is 5.82 Å². The first-order chi connectivity index (χ1) is 18.5. The lowest BCUT2D eigenvalue weighted by Crippen LogP contribution is -2.46. The van der Waals surface area contributed by atoms with Crippen molar-refractivity contribution in [2.45, 2.75) is 44.6 Å². The van der Waals surface area contributed by atoms with Gasteiger partial charge in [-0.25, -0.2) is 4.98 Å². The molecule has 4 aromatic heterocycles. The summed E-state index contributed by atoms with van der Waals surface area (Å²) in [5, 5.41) is 21.8. The van der Waals surface area contributed by atoms with Crippen molar-refractivity contribution in [1.29, 1.82) is 0 Å². The number of hydrogen-bond donors (Lipinski definition) is 2. The maximum Gasteiger partial charge on any atom is 0.248 e. The summed E-state index contributed by atoms with van der Waals surface area (Å²) in [5.74, 6) is 0.492. The normalized spacial score (nSPS) is 19.4. The van der Waals surface area contributed by atoms with Crippen molar-refractivity contribution in [1.82, 2.24) is 34.3 Å². The lowest BCUT2D eigenvalue weighted by atomic mass is 9.83. The molecule has 196 valence electrons. The third-order valence-electron chi connectivity index (χ3n) is 7.68. The van der Waals surface area contributed by atoms with Gasteiger partial charge in [0.1, 0.15) is 18.1 Å². The fourth-order valence-electron chi connectivity index (χ4n) is 5.73. The number of nitrogens with zero attached hydrogens (tertiary/aromatic N) is 7. The molecule has 38 heavy (non-hydrogen) atoms. The Bertz CT molecular complexity index is 1520. The number of fused-ring (bicyclic) bond motifs is 3. The highest BCUT2D eigenvalue weighted by atomic mass is 16.3. The predicted octanol–water partition coefficient (Wildman–Crippen LogP) is 2.67. The Morgan fingerprint density at radius 3 is 2.79 bits per heavy atom. The topological polar surface area (TPSA) is 131 Å². The fraction of sp³-hybridized carbons (Fsp3) is 0.407. The predicted molar refractivity (Wildman–Crippen MR) is 141 cm³/mol. The summed E-state index contributed by atoms with van der Waals surface area (Å²) in [4.78, 5) is 36.9. The van der Waals surface area contributed by atoms with Crippen molar-refractivity contribution in [3.63, 3.8) is 0 Å². The van der Waals surface area contributed by atoms with Gasteiger partial charge in [-0.15, -0.1) is 0 Å². The van der Waals surface area contributed by atoms with Gasteiger partial charge in [0.25, 0.3) is 0 Å². The van der Waals surface area contributed by atoms with Crippen molar-refractivity contribution in [2.24, 2.45) is 7.05 Å². The number of likely N-dealkylation sites (tertiary alicyclic amines) is 1. The molecule has 0 aromatic carbocycles. The molecule has 1 fully saturated rings. The minimum Gasteiger partial charge on any atom is -0.387 e. The van der Waals surface area contributed by atoms with E-state index in [2.05, 4.69) is 20.5 Å². The van der Waals surface area contributed by atoms with Gasteiger partial charge in [-0.2, -0.15) is 14.7 Å². The number of carbonyl (C=O) groups is 2. The number of aromatic nitrogens is 6. The average molecular weight is 515 g/mol. The molecule has 6 rings (SSSR count). The van der Waals surface area contributed by atoms with Crippen LogP contribution in [-0.4, -0.2) is 76.8 Å². The largest absolute Gasteiger partial charge is 0.387 e. The van der Waals surface area contributed by atoms with Crippen LogP contribution in [0, 0.1) is 0 Å². The first-order valence-electron chi connectivity index (χ1n) is 13.0. The Morgan fingerprint density at radius 2 is 2.08 bits per heavy atom. The number of carbonyl (C=O) groups excluding carboxylic acids is 2. The van der Waals surface area contributed by atoms with Gasteiger partial charge in [0.2, 0.25) is 5.91 Å². The van der Waals surface area contributed by atoms with Gasteiger partial charge in [0.15, 0.2) is 11.4 Å². The van der Waals surface area contributed by atoms with E-state index in [1.54, 1.807) is 26.5 Å². The summed E-state index contributed by atoms with van der Waals surface area (Å²) >= 11 is 0. The van der Waals surface area contributed by atoms with Crippen LogP contribution in [0.15, 0.2) is 36.8 Å². The van der Waals surface area contributed by atoms with E-state index in [1.165, 1.54) is 0 Å². The first-order valence-corrected chi connectivity index (χ1v) is 13.0. The molecule has 11 heteroatoms. The van der Waals surface area contributed by atoms with Crippen LogP contribution in [0.1, 0.15) is 54.6 Å². The number of amides is 1. The Labute approximate surface area is 219 Å². The molecule has 1 amide bonds. The molecular formula is C27H30N8O3. The summed E-state index contributed by atoms with van der Waals surface area (Å²) in [5.41, 5.74) is 5.30. The molecule has 0 bridgehead atoms. The highest BCUT2D eigenvalue weighted by Gasteiger charge is 2.36. The Balaban J connectivity index is 1.42. The molecule has 0 saturated carbocycles. The second-order valence-corrected chi connectivity index (χ2v) is 9.95. The molecular weight excluding hydrogens is 484 g/mol. The smallest absolute Gasteiger partial charge is 0.248 e. The van der Waals surface area contributed by atoms with E-state index >= 15 is 0 Å². The van der Waals surface area contributed by atoms with Crippen molar-refractivity contribution in [3.05, 3.63) is 48.0 Å². The van der Waals surface area contributed by atoms with Crippen molar-refractivity contribution in [2.75, 3.05) is 25.0 Å². The van der Waals surface area contributed by atoms with E-state index in [-0.39, 0.29) is 23.7 Å². The number of aliphatic hydroxyl groups excluding tert-OH is 1. The highest BCUT2D eigenvalue weighted by molar-refractivity contribution is 6.04. The number of piperidine rings is 1. The molecule has 0 spiro atoms. The molecule has 2 unspecified atom stereocenters. The second kappa shape index (κ2) is 9.64. The van der Waals surface area contributed by atoms with Crippen LogP contribution in [0.5, 0.6) is 0 Å². The maximum absolute atomic E-state index is 13.2. The third-order valence-corrected chi connectivity index (χ3v) is 7.68. The Kier molecular flexibility index (Phi) is 6.15. The fourth-order valence-corrected chi connectivity index (χ4v) is 5.73. The molecule has 11 nitrogen and oxygen atoms in total. The number of ketones is 1. The summed E-state index contributed by atoms with van der Waals surface area (Å²) in [6.45, 7) is 2.62. The maximum atomic E-state index is 13.2. The quantitative estimate of drug-likeness (QED) is 0.416. The van der Waals surface area contributed by atoms with Gasteiger partial charge in [0.05, 0.1) is 23.1 Å². The van der Waals surface area contributed by atoms with E-state index in [1.807, 2.05) is 38.4 Å². The van der Waals surface area contributed by atoms with E-state index in [0.717, 1.165) is 34.6 Å². The van der Waals surface area contributed by atoms with Crippen molar-refractivity contribution in [3.8, 4) is 22.5 Å². The number of anilines is 1. The number of aryl methyl sites for hydroxylation is 1. The van der Waals surface area contributed by atoms with E-state index < -0.39 is 6.61 Å². The second-order valence-electron chi connectivity index (χ2n) is 9.95. The van der Waals surface area contributed by atoms with Gasteiger partial charge >= 0.3 is 0 Å². The molecule has 2 N–H and O–H groups in total. The Hall–Kier alpha value is -4.12. The third kappa shape index (κ3) is 4.03. The van der Waals surface area contributed by atoms with Gasteiger partial charge in [-0.05, 0) is 31.4 Å². The van der Waals surface area contributed by atoms with Gasteiger partial charge in [-0.1, -0.05) is 13.0 Å². The SMILES string of the molecule is CCC1CC(c2nc3c(-c4ccc(-c5ccn(C)n5)nc4)cnn3c3c2C(=O)CCN3)CCN1C(=O)CO. The van der Waals surface area contributed by atoms with Crippen LogP contribution in [0.25, 0.3) is 28.2 Å². The minimum atomic E-state index is -0.491. The van der Waals surface area contributed by atoms with Gasteiger partial charge < -0.3 is 15.3 Å². The molecule has 0 radical (unpaired) electrons. The zero-order chi connectivity index (χ0) is 26.4. The number of Topliss-reactive ketones (excluding diaryl/α,β-unsaturated/α-hetero) is 1. The number of rotatable bonds is 5. The lowest BCUT2D eigenvalue weighted by Gasteiger charge is -2.39. The summed E-state index contributed by atoms with van der Waals surface area (Å²) in [6, 6.07) is 5.83.